The Bertz CT molecular complexity index is 882. The Morgan fingerprint density at radius 1 is 1.08 bits per heavy atom. The van der Waals surface area contributed by atoms with Gasteiger partial charge in [0.1, 0.15) is 11.3 Å². The van der Waals surface area contributed by atoms with Crippen molar-refractivity contribution in [3.63, 3.8) is 0 Å². The van der Waals surface area contributed by atoms with Gasteiger partial charge in [0.15, 0.2) is 0 Å². The van der Waals surface area contributed by atoms with Crippen LogP contribution in [0.3, 0.4) is 0 Å². The van der Waals surface area contributed by atoms with Crippen LogP contribution in [0.25, 0.3) is 11.0 Å². The summed E-state index contributed by atoms with van der Waals surface area (Å²) in [5.41, 5.74) is 2.55. The first-order valence-electron chi connectivity index (χ1n) is 8.40. The van der Waals surface area contributed by atoms with Gasteiger partial charge in [0.25, 0.3) is 0 Å². The monoisotopic (exact) mass is 351 g/mol. The van der Waals surface area contributed by atoms with E-state index in [-0.39, 0.29) is 18.5 Å². The summed E-state index contributed by atoms with van der Waals surface area (Å²) in [4.78, 5) is 23.9. The second kappa shape index (κ2) is 7.74. The molecular formula is C20H21N3O3. The Hall–Kier alpha value is -3.28. The summed E-state index contributed by atoms with van der Waals surface area (Å²) in [6.07, 6.45) is 0. The van der Waals surface area contributed by atoms with Gasteiger partial charge in [-0.3, -0.25) is 4.79 Å². The van der Waals surface area contributed by atoms with E-state index in [0.717, 1.165) is 16.5 Å². The third-order valence-corrected chi connectivity index (χ3v) is 3.97. The van der Waals surface area contributed by atoms with E-state index in [1.807, 2.05) is 56.3 Å². The van der Waals surface area contributed by atoms with Gasteiger partial charge < -0.3 is 20.4 Å². The predicted octanol–water partition coefficient (Wildman–Crippen LogP) is 3.74. The molecule has 6 heteroatoms. The summed E-state index contributed by atoms with van der Waals surface area (Å²) in [6.45, 7) is 3.68. The van der Waals surface area contributed by atoms with Gasteiger partial charge in [-0.05, 0) is 38.1 Å². The molecule has 0 aliphatic heterocycles. The standard InChI is InChI=1S/C20H21N3O3/c1-13-7-9-16(10-8-13)23-20(25)21-12-19(24)22-14(2)18-11-15-5-3-4-6-17(15)26-18/h3-11,14H,12H2,1-2H3,(H,22,24)(H2,21,23,25)/t14-/m0/s1. The van der Waals surface area contributed by atoms with Gasteiger partial charge in [0, 0.05) is 11.1 Å². The second-order valence-corrected chi connectivity index (χ2v) is 6.15. The highest BCUT2D eigenvalue weighted by Gasteiger charge is 2.14. The number of carbonyl (C=O) groups is 2. The summed E-state index contributed by atoms with van der Waals surface area (Å²) >= 11 is 0. The lowest BCUT2D eigenvalue weighted by atomic mass is 10.2. The number of aryl methyl sites for hydroxylation is 1. The van der Waals surface area contributed by atoms with Crippen LogP contribution >= 0.6 is 0 Å². The fraction of sp³-hybridized carbons (Fsp3) is 0.200. The van der Waals surface area contributed by atoms with E-state index in [1.54, 1.807) is 12.1 Å². The molecule has 0 aliphatic rings. The molecule has 1 heterocycles. The molecule has 2 aromatic carbocycles. The minimum Gasteiger partial charge on any atom is -0.459 e. The maximum atomic E-state index is 12.0. The van der Waals surface area contributed by atoms with E-state index in [4.69, 9.17) is 4.42 Å². The van der Waals surface area contributed by atoms with Crippen molar-refractivity contribution in [2.45, 2.75) is 19.9 Å². The predicted molar refractivity (Wildman–Crippen MR) is 101 cm³/mol. The number of urea groups is 1. The zero-order valence-electron chi connectivity index (χ0n) is 14.7. The van der Waals surface area contributed by atoms with Crippen molar-refractivity contribution in [3.8, 4) is 0 Å². The lowest BCUT2D eigenvalue weighted by Gasteiger charge is -2.12. The molecule has 3 rings (SSSR count). The second-order valence-electron chi connectivity index (χ2n) is 6.15. The first-order valence-corrected chi connectivity index (χ1v) is 8.40. The number of fused-ring (bicyclic) bond motifs is 1. The van der Waals surface area contributed by atoms with Crippen molar-refractivity contribution in [1.82, 2.24) is 10.6 Å². The van der Waals surface area contributed by atoms with E-state index >= 15 is 0 Å². The van der Waals surface area contributed by atoms with Gasteiger partial charge in [0.2, 0.25) is 5.91 Å². The number of anilines is 1. The van der Waals surface area contributed by atoms with Gasteiger partial charge in [-0.25, -0.2) is 4.79 Å². The Balaban J connectivity index is 1.48. The molecule has 3 aromatic rings. The summed E-state index contributed by atoms with van der Waals surface area (Å²) in [5, 5.41) is 9.01. The number of amides is 3. The summed E-state index contributed by atoms with van der Waals surface area (Å²) in [5.74, 6) is 0.376. The molecule has 0 fully saturated rings. The van der Waals surface area contributed by atoms with E-state index in [1.165, 1.54) is 0 Å². The number of para-hydroxylation sites is 1. The maximum absolute atomic E-state index is 12.0. The molecule has 0 bridgehead atoms. The van der Waals surface area contributed by atoms with Crippen LogP contribution in [-0.2, 0) is 4.79 Å². The smallest absolute Gasteiger partial charge is 0.319 e. The lowest BCUT2D eigenvalue weighted by Crippen LogP contribution is -2.39. The quantitative estimate of drug-likeness (QED) is 0.655. The Morgan fingerprint density at radius 2 is 1.81 bits per heavy atom. The number of furan rings is 1. The highest BCUT2D eigenvalue weighted by molar-refractivity contribution is 5.92. The van der Waals surface area contributed by atoms with Gasteiger partial charge in [-0.1, -0.05) is 35.9 Å². The number of carbonyl (C=O) groups excluding carboxylic acids is 2. The highest BCUT2D eigenvalue weighted by Crippen LogP contribution is 2.23. The minimum absolute atomic E-state index is 0.123. The summed E-state index contributed by atoms with van der Waals surface area (Å²) in [7, 11) is 0. The lowest BCUT2D eigenvalue weighted by molar-refractivity contribution is -0.120. The van der Waals surface area contributed by atoms with Gasteiger partial charge in [-0.2, -0.15) is 0 Å². The summed E-state index contributed by atoms with van der Waals surface area (Å²) in [6, 6.07) is 16.2. The van der Waals surface area contributed by atoms with Crippen molar-refractivity contribution in [1.29, 1.82) is 0 Å². The fourth-order valence-corrected chi connectivity index (χ4v) is 2.55. The molecular weight excluding hydrogens is 330 g/mol. The number of benzene rings is 2. The first kappa shape index (κ1) is 17.5. The highest BCUT2D eigenvalue weighted by atomic mass is 16.3. The van der Waals surface area contributed by atoms with Crippen molar-refractivity contribution in [2.24, 2.45) is 0 Å². The van der Waals surface area contributed by atoms with Gasteiger partial charge in [-0.15, -0.1) is 0 Å². The number of rotatable bonds is 5. The molecule has 0 radical (unpaired) electrons. The molecule has 0 unspecified atom stereocenters. The average molecular weight is 351 g/mol. The Morgan fingerprint density at radius 3 is 2.54 bits per heavy atom. The third-order valence-electron chi connectivity index (χ3n) is 3.97. The van der Waals surface area contributed by atoms with E-state index in [2.05, 4.69) is 16.0 Å². The minimum atomic E-state index is -0.430. The average Bonchev–Trinajstić information content (AvgIpc) is 3.06. The molecule has 1 atom stereocenters. The van der Waals surface area contributed by atoms with E-state index in [9.17, 15) is 9.59 Å². The number of nitrogens with one attached hydrogen (secondary N) is 3. The first-order chi connectivity index (χ1) is 12.5. The summed E-state index contributed by atoms with van der Waals surface area (Å²) < 4.78 is 5.73. The van der Waals surface area contributed by atoms with Crippen LogP contribution in [0.15, 0.2) is 59.0 Å². The molecule has 0 spiro atoms. The fourth-order valence-electron chi connectivity index (χ4n) is 2.55. The zero-order chi connectivity index (χ0) is 18.5. The maximum Gasteiger partial charge on any atom is 0.319 e. The third kappa shape index (κ3) is 4.42. The number of hydrogen-bond donors (Lipinski definition) is 3. The van der Waals surface area contributed by atoms with Crippen molar-refractivity contribution < 1.29 is 14.0 Å². The van der Waals surface area contributed by atoms with Crippen LogP contribution in [-0.4, -0.2) is 18.5 Å². The largest absolute Gasteiger partial charge is 0.459 e. The molecule has 0 saturated heterocycles. The van der Waals surface area contributed by atoms with Gasteiger partial charge in [0.05, 0.1) is 12.6 Å². The topological polar surface area (TPSA) is 83.4 Å². The van der Waals surface area contributed by atoms with Crippen molar-refractivity contribution in [3.05, 3.63) is 65.9 Å². The SMILES string of the molecule is Cc1ccc(NC(=O)NCC(=O)N[C@@H](C)c2cc3ccccc3o2)cc1. The van der Waals surface area contributed by atoms with Crippen molar-refractivity contribution in [2.75, 3.05) is 11.9 Å². The molecule has 3 N–H and O–H groups in total. The van der Waals surface area contributed by atoms with Crippen LogP contribution in [0.2, 0.25) is 0 Å². The molecule has 0 saturated carbocycles. The normalized spacial score (nSPS) is 11.8. The molecule has 26 heavy (non-hydrogen) atoms. The molecule has 0 aliphatic carbocycles. The van der Waals surface area contributed by atoms with Crippen LogP contribution in [0.4, 0.5) is 10.5 Å². The Labute approximate surface area is 151 Å². The molecule has 1 aromatic heterocycles. The Kier molecular flexibility index (Phi) is 5.22. The van der Waals surface area contributed by atoms with Crippen LogP contribution in [0.5, 0.6) is 0 Å². The van der Waals surface area contributed by atoms with E-state index in [0.29, 0.717) is 11.4 Å². The van der Waals surface area contributed by atoms with E-state index < -0.39 is 6.03 Å². The molecule has 3 amide bonds. The van der Waals surface area contributed by atoms with Crippen molar-refractivity contribution >= 4 is 28.6 Å². The molecule has 6 nitrogen and oxygen atoms in total. The van der Waals surface area contributed by atoms with Crippen LogP contribution in [0.1, 0.15) is 24.3 Å². The van der Waals surface area contributed by atoms with Crippen LogP contribution < -0.4 is 16.0 Å². The van der Waals surface area contributed by atoms with Crippen LogP contribution in [0, 0.1) is 6.92 Å². The zero-order valence-corrected chi connectivity index (χ0v) is 14.7. The number of hydrogen-bond acceptors (Lipinski definition) is 3. The van der Waals surface area contributed by atoms with Gasteiger partial charge >= 0.3 is 6.03 Å². The molecule has 134 valence electrons.